The van der Waals surface area contributed by atoms with Crippen molar-refractivity contribution < 1.29 is 4.74 Å². The number of hydrogen-bond donors (Lipinski definition) is 2. The molecule has 2 rings (SSSR count). The second kappa shape index (κ2) is 11.8. The molecule has 0 aliphatic carbocycles. The Morgan fingerprint density at radius 2 is 1.85 bits per heavy atom. The van der Waals surface area contributed by atoms with E-state index in [4.69, 9.17) is 4.74 Å². The number of benzene rings is 1. The van der Waals surface area contributed by atoms with Crippen LogP contribution in [-0.2, 0) is 13.6 Å². The Morgan fingerprint density at radius 1 is 1.15 bits per heavy atom. The van der Waals surface area contributed by atoms with Gasteiger partial charge in [-0.05, 0) is 46.2 Å². The van der Waals surface area contributed by atoms with E-state index in [0.29, 0.717) is 13.2 Å². The molecule has 1 aromatic heterocycles. The van der Waals surface area contributed by atoms with E-state index in [0.717, 1.165) is 42.6 Å². The number of aryl methyl sites for hydroxylation is 3. The minimum atomic E-state index is 0. The molecule has 7 heteroatoms. The molecule has 0 saturated carbocycles. The summed E-state index contributed by atoms with van der Waals surface area (Å²) >= 11 is 0. The Bertz CT molecular complexity index is 725. The first-order valence-electron chi connectivity index (χ1n) is 9.22. The summed E-state index contributed by atoms with van der Waals surface area (Å²) in [6.07, 6.45) is 0.906. The molecule has 0 aliphatic heterocycles. The summed E-state index contributed by atoms with van der Waals surface area (Å²) in [6, 6.07) is 8.14. The number of rotatable bonds is 8. The quantitative estimate of drug-likeness (QED) is 0.260. The van der Waals surface area contributed by atoms with Crippen molar-refractivity contribution in [1.82, 2.24) is 20.4 Å². The van der Waals surface area contributed by atoms with Gasteiger partial charge in [-0.15, -0.1) is 24.0 Å². The van der Waals surface area contributed by atoms with Crippen LogP contribution in [0.3, 0.4) is 0 Å². The molecule has 0 fully saturated rings. The average molecular weight is 485 g/mol. The number of nitrogens with one attached hydrogen (secondary N) is 2. The first-order chi connectivity index (χ1) is 12.5. The molecular formula is C20H32IN5O. The van der Waals surface area contributed by atoms with Gasteiger partial charge in [-0.25, -0.2) is 4.99 Å². The van der Waals surface area contributed by atoms with Crippen molar-refractivity contribution in [2.24, 2.45) is 12.0 Å². The number of hydrogen-bond acceptors (Lipinski definition) is 3. The summed E-state index contributed by atoms with van der Waals surface area (Å²) in [5.74, 6) is 1.74. The molecule has 0 radical (unpaired) electrons. The molecule has 150 valence electrons. The van der Waals surface area contributed by atoms with E-state index in [-0.39, 0.29) is 24.0 Å². The Kier molecular flexibility index (Phi) is 10.2. The molecule has 0 unspecified atom stereocenters. The normalized spacial score (nSPS) is 11.1. The highest BCUT2D eigenvalue weighted by Crippen LogP contribution is 2.13. The van der Waals surface area contributed by atoms with Crippen molar-refractivity contribution in [3.63, 3.8) is 0 Å². The maximum absolute atomic E-state index is 5.75. The molecule has 0 spiro atoms. The molecule has 0 saturated heterocycles. The zero-order valence-electron chi connectivity index (χ0n) is 17.0. The van der Waals surface area contributed by atoms with Crippen molar-refractivity contribution in [3.8, 4) is 5.75 Å². The predicted octanol–water partition coefficient (Wildman–Crippen LogP) is 3.49. The van der Waals surface area contributed by atoms with E-state index in [2.05, 4.69) is 53.6 Å². The van der Waals surface area contributed by atoms with Gasteiger partial charge in [0.05, 0.1) is 18.8 Å². The number of halogens is 1. The largest absolute Gasteiger partial charge is 0.494 e. The van der Waals surface area contributed by atoms with Crippen LogP contribution in [0.15, 0.2) is 29.3 Å². The van der Waals surface area contributed by atoms with Crippen LogP contribution >= 0.6 is 24.0 Å². The molecule has 0 aliphatic rings. The summed E-state index contributed by atoms with van der Waals surface area (Å²) in [7, 11) is 1.97. The van der Waals surface area contributed by atoms with Gasteiger partial charge >= 0.3 is 0 Å². The van der Waals surface area contributed by atoms with Crippen molar-refractivity contribution in [2.75, 3.05) is 19.7 Å². The van der Waals surface area contributed by atoms with Crippen molar-refractivity contribution in [1.29, 1.82) is 0 Å². The predicted molar refractivity (Wildman–Crippen MR) is 122 cm³/mol. The van der Waals surface area contributed by atoms with E-state index >= 15 is 0 Å². The van der Waals surface area contributed by atoms with E-state index in [1.165, 1.54) is 11.1 Å². The zero-order chi connectivity index (χ0) is 18.9. The lowest BCUT2D eigenvalue weighted by Crippen LogP contribution is -2.38. The Morgan fingerprint density at radius 3 is 2.44 bits per heavy atom. The number of aromatic nitrogens is 2. The van der Waals surface area contributed by atoms with Crippen molar-refractivity contribution >= 4 is 29.9 Å². The fraction of sp³-hybridized carbons (Fsp3) is 0.500. The summed E-state index contributed by atoms with van der Waals surface area (Å²) < 4.78 is 7.66. The Hall–Kier alpha value is -1.77. The maximum atomic E-state index is 5.75. The lowest BCUT2D eigenvalue weighted by atomic mass is 10.2. The minimum absolute atomic E-state index is 0. The van der Waals surface area contributed by atoms with Gasteiger partial charge in [-0.1, -0.05) is 17.7 Å². The van der Waals surface area contributed by atoms with E-state index < -0.39 is 0 Å². The summed E-state index contributed by atoms with van der Waals surface area (Å²) in [6.45, 7) is 11.2. The van der Waals surface area contributed by atoms with Gasteiger partial charge in [-0.2, -0.15) is 5.10 Å². The third-order valence-electron chi connectivity index (χ3n) is 4.30. The van der Waals surface area contributed by atoms with Crippen molar-refractivity contribution in [2.45, 2.75) is 40.7 Å². The van der Waals surface area contributed by atoms with Crippen LogP contribution in [0.5, 0.6) is 5.75 Å². The monoisotopic (exact) mass is 485 g/mol. The lowest BCUT2D eigenvalue weighted by Gasteiger charge is -2.12. The van der Waals surface area contributed by atoms with Gasteiger partial charge in [0.2, 0.25) is 0 Å². The number of nitrogens with zero attached hydrogens (tertiary/aromatic N) is 3. The summed E-state index contributed by atoms with van der Waals surface area (Å²) in [5.41, 5.74) is 4.63. The van der Waals surface area contributed by atoms with Gasteiger partial charge in [-0.3, -0.25) is 4.68 Å². The van der Waals surface area contributed by atoms with E-state index in [1.54, 1.807) is 0 Å². The first kappa shape index (κ1) is 23.3. The highest BCUT2D eigenvalue weighted by Gasteiger charge is 2.08. The molecular weight excluding hydrogens is 453 g/mol. The SMILES string of the molecule is CCNC(=NCc1c(C)nn(C)c1C)NCCCOc1ccc(C)cc1.I. The molecule has 6 nitrogen and oxygen atoms in total. The lowest BCUT2D eigenvalue weighted by molar-refractivity contribution is 0.311. The smallest absolute Gasteiger partial charge is 0.191 e. The second-order valence-electron chi connectivity index (χ2n) is 6.41. The van der Waals surface area contributed by atoms with E-state index in [1.807, 2.05) is 30.8 Å². The van der Waals surface area contributed by atoms with Crippen LogP contribution in [0.2, 0.25) is 0 Å². The van der Waals surface area contributed by atoms with Gasteiger partial charge in [0.15, 0.2) is 5.96 Å². The molecule has 1 aromatic carbocycles. The Balaban J connectivity index is 0.00000364. The third kappa shape index (κ3) is 7.40. The molecule has 0 atom stereocenters. The number of ether oxygens (including phenoxy) is 1. The van der Waals surface area contributed by atoms with Crippen LogP contribution in [0.25, 0.3) is 0 Å². The van der Waals surface area contributed by atoms with E-state index in [9.17, 15) is 0 Å². The summed E-state index contributed by atoms with van der Waals surface area (Å²) in [4.78, 5) is 4.68. The fourth-order valence-corrected chi connectivity index (χ4v) is 2.65. The number of aliphatic imine (C=N–C) groups is 1. The Labute approximate surface area is 179 Å². The van der Waals surface area contributed by atoms with Gasteiger partial charge in [0, 0.05) is 31.4 Å². The third-order valence-corrected chi connectivity index (χ3v) is 4.30. The van der Waals surface area contributed by atoms with Gasteiger partial charge < -0.3 is 15.4 Å². The standard InChI is InChI=1S/C20H31N5O.HI/c1-6-21-20(23-14-19-16(3)24-25(5)17(19)4)22-12-7-13-26-18-10-8-15(2)9-11-18;/h8-11H,6-7,12-14H2,1-5H3,(H2,21,22,23);1H. The van der Waals surface area contributed by atoms with Crippen LogP contribution in [-0.4, -0.2) is 35.4 Å². The number of guanidine groups is 1. The molecule has 1 heterocycles. The first-order valence-corrected chi connectivity index (χ1v) is 9.22. The van der Waals surface area contributed by atoms with Crippen LogP contribution in [0.1, 0.15) is 35.9 Å². The molecule has 27 heavy (non-hydrogen) atoms. The fourth-order valence-electron chi connectivity index (χ4n) is 2.65. The van der Waals surface area contributed by atoms with Crippen LogP contribution < -0.4 is 15.4 Å². The topological polar surface area (TPSA) is 63.5 Å². The highest BCUT2D eigenvalue weighted by atomic mass is 127. The average Bonchev–Trinajstić information content (AvgIpc) is 2.86. The zero-order valence-corrected chi connectivity index (χ0v) is 19.3. The van der Waals surface area contributed by atoms with Crippen molar-refractivity contribution in [3.05, 3.63) is 46.8 Å². The second-order valence-corrected chi connectivity index (χ2v) is 6.41. The highest BCUT2D eigenvalue weighted by molar-refractivity contribution is 14.0. The molecule has 0 amide bonds. The molecule has 2 N–H and O–H groups in total. The maximum Gasteiger partial charge on any atom is 0.191 e. The van der Waals surface area contributed by atoms with Gasteiger partial charge in [0.1, 0.15) is 5.75 Å². The van der Waals surface area contributed by atoms with Crippen LogP contribution in [0.4, 0.5) is 0 Å². The molecule has 2 aromatic rings. The summed E-state index contributed by atoms with van der Waals surface area (Å²) in [5, 5.41) is 11.1. The minimum Gasteiger partial charge on any atom is -0.494 e. The van der Waals surface area contributed by atoms with Crippen LogP contribution in [0, 0.1) is 20.8 Å². The molecule has 0 bridgehead atoms. The van der Waals surface area contributed by atoms with Gasteiger partial charge in [0.25, 0.3) is 0 Å².